The van der Waals surface area contributed by atoms with Crippen LogP contribution in [0, 0.1) is 6.92 Å². The van der Waals surface area contributed by atoms with Gasteiger partial charge in [0.15, 0.2) is 0 Å². The van der Waals surface area contributed by atoms with Gasteiger partial charge in [-0.25, -0.2) is 15.0 Å². The lowest BCUT2D eigenvalue weighted by Crippen LogP contribution is -2.03. The van der Waals surface area contributed by atoms with Crippen molar-refractivity contribution >= 4 is 17.2 Å². The first-order chi connectivity index (χ1) is 8.28. The summed E-state index contributed by atoms with van der Waals surface area (Å²) in [4.78, 5) is 12.5. The highest BCUT2D eigenvalue weighted by Crippen LogP contribution is 2.13. The first kappa shape index (κ1) is 11.8. The van der Waals surface area contributed by atoms with Crippen molar-refractivity contribution in [3.8, 4) is 5.88 Å². The zero-order valence-corrected chi connectivity index (χ0v) is 10.6. The highest BCUT2D eigenvalue weighted by atomic mass is 32.1. The molecule has 0 unspecified atom stereocenters. The third kappa shape index (κ3) is 3.39. The highest BCUT2D eigenvalue weighted by molar-refractivity contribution is 7.09. The number of nitrogens with zero attached hydrogens (tertiary/aromatic N) is 3. The number of rotatable bonds is 5. The van der Waals surface area contributed by atoms with Gasteiger partial charge in [-0.2, -0.15) is 0 Å². The number of ether oxygens (including phenoxy) is 1. The smallest absolute Gasteiger partial charge is 0.218 e. The second kappa shape index (κ2) is 5.58. The number of hydrogen-bond donors (Lipinski definition) is 1. The summed E-state index contributed by atoms with van der Waals surface area (Å²) in [6.45, 7) is 5.17. The van der Waals surface area contributed by atoms with Crippen LogP contribution in [-0.2, 0) is 6.54 Å². The molecule has 0 aliphatic rings. The Balaban J connectivity index is 1.96. The van der Waals surface area contributed by atoms with Gasteiger partial charge in [-0.3, -0.25) is 0 Å². The maximum absolute atomic E-state index is 5.30. The van der Waals surface area contributed by atoms with E-state index in [1.54, 1.807) is 17.4 Å². The molecule has 0 amide bonds. The third-order valence-corrected chi connectivity index (χ3v) is 2.87. The molecule has 2 aromatic rings. The third-order valence-electron chi connectivity index (χ3n) is 2.05. The molecular formula is C11H14N4OS. The molecule has 0 saturated carbocycles. The lowest BCUT2D eigenvalue weighted by atomic mass is 10.4. The number of aromatic nitrogens is 3. The quantitative estimate of drug-likeness (QED) is 0.882. The summed E-state index contributed by atoms with van der Waals surface area (Å²) in [6, 6.07) is 1.78. The molecule has 5 nitrogen and oxygen atoms in total. The van der Waals surface area contributed by atoms with Crippen molar-refractivity contribution in [1.29, 1.82) is 0 Å². The lowest BCUT2D eigenvalue weighted by molar-refractivity contribution is 0.326. The predicted octanol–water partition coefficient (Wildman–Crippen LogP) is 2.25. The molecule has 2 heterocycles. The first-order valence-electron chi connectivity index (χ1n) is 5.37. The normalized spacial score (nSPS) is 10.2. The van der Waals surface area contributed by atoms with Crippen LogP contribution in [-0.4, -0.2) is 21.6 Å². The number of thiazole rings is 1. The van der Waals surface area contributed by atoms with Crippen LogP contribution in [0.25, 0.3) is 0 Å². The van der Waals surface area contributed by atoms with Crippen LogP contribution in [0.4, 0.5) is 5.82 Å². The number of aryl methyl sites for hydroxylation is 1. The topological polar surface area (TPSA) is 59.9 Å². The van der Waals surface area contributed by atoms with Gasteiger partial charge in [0.1, 0.15) is 12.1 Å². The van der Waals surface area contributed by atoms with Gasteiger partial charge in [-0.1, -0.05) is 0 Å². The van der Waals surface area contributed by atoms with E-state index in [0.29, 0.717) is 19.0 Å². The fourth-order valence-corrected chi connectivity index (χ4v) is 1.95. The Labute approximate surface area is 104 Å². The predicted molar refractivity (Wildman–Crippen MR) is 67.4 cm³/mol. The Morgan fingerprint density at radius 2 is 2.29 bits per heavy atom. The van der Waals surface area contributed by atoms with Crippen molar-refractivity contribution in [2.75, 3.05) is 11.9 Å². The van der Waals surface area contributed by atoms with E-state index in [2.05, 4.69) is 20.3 Å². The summed E-state index contributed by atoms with van der Waals surface area (Å²) in [5.74, 6) is 1.33. The van der Waals surface area contributed by atoms with Gasteiger partial charge in [0.25, 0.3) is 0 Å². The second-order valence-electron chi connectivity index (χ2n) is 3.39. The molecular weight excluding hydrogens is 236 g/mol. The Morgan fingerprint density at radius 3 is 3.00 bits per heavy atom. The van der Waals surface area contributed by atoms with E-state index in [9.17, 15) is 0 Å². The minimum Gasteiger partial charge on any atom is -0.478 e. The summed E-state index contributed by atoms with van der Waals surface area (Å²) >= 11 is 1.64. The van der Waals surface area contributed by atoms with E-state index in [-0.39, 0.29) is 0 Å². The average Bonchev–Trinajstić information content (AvgIpc) is 2.74. The minimum absolute atomic E-state index is 0.583. The van der Waals surface area contributed by atoms with E-state index >= 15 is 0 Å². The molecule has 1 N–H and O–H groups in total. The van der Waals surface area contributed by atoms with Crippen LogP contribution in [0.15, 0.2) is 17.8 Å². The van der Waals surface area contributed by atoms with Crippen LogP contribution in [0.3, 0.4) is 0 Å². The van der Waals surface area contributed by atoms with Gasteiger partial charge in [0, 0.05) is 11.4 Å². The fourth-order valence-electron chi connectivity index (χ4n) is 1.33. The Morgan fingerprint density at radius 1 is 1.41 bits per heavy atom. The number of nitrogens with one attached hydrogen (secondary N) is 1. The molecule has 90 valence electrons. The maximum atomic E-state index is 5.30. The molecule has 0 aliphatic carbocycles. The zero-order valence-electron chi connectivity index (χ0n) is 9.80. The second-order valence-corrected chi connectivity index (χ2v) is 4.45. The Kier molecular flexibility index (Phi) is 3.87. The number of hydrogen-bond acceptors (Lipinski definition) is 6. The van der Waals surface area contributed by atoms with Crippen molar-refractivity contribution in [2.24, 2.45) is 0 Å². The summed E-state index contributed by atoms with van der Waals surface area (Å²) in [6.07, 6.45) is 1.49. The van der Waals surface area contributed by atoms with Crippen molar-refractivity contribution in [2.45, 2.75) is 20.4 Å². The zero-order chi connectivity index (χ0) is 12.1. The van der Waals surface area contributed by atoms with Crippen molar-refractivity contribution in [3.05, 3.63) is 28.5 Å². The molecule has 0 radical (unpaired) electrons. The monoisotopic (exact) mass is 250 g/mol. The SMILES string of the molecule is CCOc1cc(NCc2csc(C)n2)ncn1. The molecule has 0 aromatic carbocycles. The van der Waals surface area contributed by atoms with Gasteiger partial charge >= 0.3 is 0 Å². The highest BCUT2D eigenvalue weighted by Gasteiger charge is 2.01. The van der Waals surface area contributed by atoms with Crippen LogP contribution in [0.2, 0.25) is 0 Å². The number of anilines is 1. The van der Waals surface area contributed by atoms with E-state index in [0.717, 1.165) is 16.5 Å². The maximum Gasteiger partial charge on any atom is 0.218 e. The average molecular weight is 250 g/mol. The molecule has 2 rings (SSSR count). The molecule has 17 heavy (non-hydrogen) atoms. The van der Waals surface area contributed by atoms with Gasteiger partial charge in [0.2, 0.25) is 5.88 Å². The molecule has 6 heteroatoms. The molecule has 0 aliphatic heterocycles. The standard InChI is InChI=1S/C11H14N4OS/c1-3-16-11-4-10(13-7-14-11)12-5-9-6-17-8(2)15-9/h4,6-7H,3,5H2,1-2H3,(H,12,13,14). The van der Waals surface area contributed by atoms with Crippen LogP contribution in [0.5, 0.6) is 5.88 Å². The Hall–Kier alpha value is -1.69. The minimum atomic E-state index is 0.583. The van der Waals surface area contributed by atoms with Gasteiger partial charge < -0.3 is 10.1 Å². The largest absolute Gasteiger partial charge is 0.478 e. The van der Waals surface area contributed by atoms with Gasteiger partial charge in [-0.15, -0.1) is 11.3 Å². The van der Waals surface area contributed by atoms with E-state index in [1.165, 1.54) is 6.33 Å². The summed E-state index contributed by atoms with van der Waals surface area (Å²) in [5, 5.41) is 6.29. The van der Waals surface area contributed by atoms with Crippen LogP contribution >= 0.6 is 11.3 Å². The van der Waals surface area contributed by atoms with Crippen LogP contribution < -0.4 is 10.1 Å². The van der Waals surface area contributed by atoms with Crippen molar-refractivity contribution < 1.29 is 4.74 Å². The molecule has 0 spiro atoms. The molecule has 0 fully saturated rings. The van der Waals surface area contributed by atoms with Crippen molar-refractivity contribution in [3.63, 3.8) is 0 Å². The summed E-state index contributed by atoms with van der Waals surface area (Å²) in [5.41, 5.74) is 1.02. The molecule has 0 bridgehead atoms. The van der Waals surface area contributed by atoms with E-state index < -0.39 is 0 Å². The van der Waals surface area contributed by atoms with Crippen LogP contribution in [0.1, 0.15) is 17.6 Å². The van der Waals surface area contributed by atoms with E-state index in [4.69, 9.17) is 4.74 Å². The van der Waals surface area contributed by atoms with Crippen molar-refractivity contribution in [1.82, 2.24) is 15.0 Å². The fraction of sp³-hybridized carbons (Fsp3) is 0.364. The first-order valence-corrected chi connectivity index (χ1v) is 6.25. The molecule has 0 atom stereocenters. The van der Waals surface area contributed by atoms with Gasteiger partial charge in [0.05, 0.1) is 23.9 Å². The van der Waals surface area contributed by atoms with E-state index in [1.807, 2.05) is 19.2 Å². The Bertz CT molecular complexity index is 486. The summed E-state index contributed by atoms with van der Waals surface area (Å²) < 4.78 is 5.30. The lowest BCUT2D eigenvalue weighted by Gasteiger charge is -2.05. The summed E-state index contributed by atoms with van der Waals surface area (Å²) in [7, 11) is 0. The van der Waals surface area contributed by atoms with Gasteiger partial charge in [-0.05, 0) is 13.8 Å². The molecule has 2 aromatic heterocycles. The molecule has 0 saturated heterocycles.